The van der Waals surface area contributed by atoms with E-state index in [1.165, 1.54) is 51.4 Å². The highest BCUT2D eigenvalue weighted by atomic mass is 16.6. The van der Waals surface area contributed by atoms with Gasteiger partial charge in [0, 0.05) is 5.57 Å². The Balaban J connectivity index is 1.83. The third-order valence-corrected chi connectivity index (χ3v) is 5.77. The molecule has 0 aliphatic heterocycles. The predicted octanol–water partition coefficient (Wildman–Crippen LogP) is 4.24. The van der Waals surface area contributed by atoms with Gasteiger partial charge in [-0.3, -0.25) is 0 Å². The number of hydrogen-bond acceptors (Lipinski definition) is 2. The molecule has 3 saturated carbocycles. The van der Waals surface area contributed by atoms with E-state index in [2.05, 4.69) is 6.58 Å². The fraction of sp³-hybridized carbons (Fsp3) is 0.824. The first-order valence-electron chi connectivity index (χ1n) is 8.00. The summed E-state index contributed by atoms with van der Waals surface area (Å²) >= 11 is 0. The second kappa shape index (κ2) is 4.96. The maximum absolute atomic E-state index is 12.1. The van der Waals surface area contributed by atoms with Crippen molar-refractivity contribution >= 4 is 5.97 Å². The summed E-state index contributed by atoms with van der Waals surface area (Å²) in [6, 6.07) is 0. The van der Waals surface area contributed by atoms with Crippen molar-refractivity contribution < 1.29 is 9.53 Å². The van der Waals surface area contributed by atoms with E-state index in [-0.39, 0.29) is 11.6 Å². The van der Waals surface area contributed by atoms with E-state index in [1.54, 1.807) is 6.92 Å². The predicted molar refractivity (Wildman–Crippen MR) is 75.7 cm³/mol. The van der Waals surface area contributed by atoms with Gasteiger partial charge in [-0.2, -0.15) is 0 Å². The number of fused-ring (bicyclic) bond motifs is 2. The van der Waals surface area contributed by atoms with E-state index in [0.29, 0.717) is 17.4 Å². The molecular weight excluding hydrogens is 236 g/mol. The second-order valence-electron chi connectivity index (χ2n) is 7.04. The van der Waals surface area contributed by atoms with E-state index >= 15 is 0 Å². The first-order chi connectivity index (χ1) is 9.12. The van der Waals surface area contributed by atoms with Gasteiger partial charge in [0.2, 0.25) is 0 Å². The molecule has 2 bridgehead atoms. The van der Waals surface area contributed by atoms with Crippen LogP contribution < -0.4 is 0 Å². The number of esters is 1. The van der Waals surface area contributed by atoms with Crippen LogP contribution in [0.2, 0.25) is 0 Å². The minimum Gasteiger partial charge on any atom is -0.455 e. The first-order valence-corrected chi connectivity index (χ1v) is 8.00. The average molecular weight is 262 g/mol. The van der Waals surface area contributed by atoms with Gasteiger partial charge in [-0.05, 0) is 63.2 Å². The van der Waals surface area contributed by atoms with Crippen molar-refractivity contribution in [1.29, 1.82) is 0 Å². The third kappa shape index (κ3) is 2.23. The van der Waals surface area contributed by atoms with Crippen molar-refractivity contribution in [3.63, 3.8) is 0 Å². The van der Waals surface area contributed by atoms with Crippen LogP contribution in [0.1, 0.15) is 64.7 Å². The van der Waals surface area contributed by atoms with Gasteiger partial charge in [0.15, 0.2) is 0 Å². The van der Waals surface area contributed by atoms with Crippen molar-refractivity contribution in [2.75, 3.05) is 0 Å². The summed E-state index contributed by atoms with van der Waals surface area (Å²) in [5.41, 5.74) is 0.428. The Morgan fingerprint density at radius 3 is 2.37 bits per heavy atom. The van der Waals surface area contributed by atoms with Gasteiger partial charge in [-0.15, -0.1) is 0 Å². The van der Waals surface area contributed by atoms with E-state index in [4.69, 9.17) is 4.74 Å². The fourth-order valence-corrected chi connectivity index (χ4v) is 4.88. The van der Waals surface area contributed by atoms with Crippen LogP contribution in [-0.4, -0.2) is 11.6 Å². The fourth-order valence-electron chi connectivity index (χ4n) is 4.88. The molecule has 0 spiro atoms. The van der Waals surface area contributed by atoms with Gasteiger partial charge < -0.3 is 4.74 Å². The van der Waals surface area contributed by atoms with Gasteiger partial charge in [0.1, 0.15) is 5.60 Å². The molecule has 106 valence electrons. The summed E-state index contributed by atoms with van der Waals surface area (Å²) in [7, 11) is 0. The monoisotopic (exact) mass is 262 g/mol. The van der Waals surface area contributed by atoms with Crippen LogP contribution in [0.5, 0.6) is 0 Å². The lowest BCUT2D eigenvalue weighted by molar-refractivity contribution is -0.172. The van der Waals surface area contributed by atoms with Crippen LogP contribution in [0.3, 0.4) is 0 Å². The molecule has 2 nitrogen and oxygen atoms in total. The molecule has 0 saturated heterocycles. The molecule has 3 rings (SSSR count). The lowest BCUT2D eigenvalue weighted by atomic mass is 9.69. The highest BCUT2D eigenvalue weighted by Crippen LogP contribution is 2.58. The lowest BCUT2D eigenvalue weighted by Gasteiger charge is -2.45. The molecule has 0 N–H and O–H groups in total. The Morgan fingerprint density at radius 1 is 1.11 bits per heavy atom. The Bertz CT molecular complexity index is 381. The van der Waals surface area contributed by atoms with Crippen molar-refractivity contribution in [1.82, 2.24) is 0 Å². The number of carbonyl (C=O) groups is 1. The van der Waals surface area contributed by atoms with Crippen LogP contribution in [0, 0.1) is 17.8 Å². The van der Waals surface area contributed by atoms with E-state index in [9.17, 15) is 4.79 Å². The molecule has 0 heterocycles. The van der Waals surface area contributed by atoms with Gasteiger partial charge in [0.25, 0.3) is 0 Å². The van der Waals surface area contributed by atoms with Crippen LogP contribution in [0.25, 0.3) is 0 Å². The third-order valence-electron chi connectivity index (χ3n) is 5.77. The largest absolute Gasteiger partial charge is 0.455 e. The topological polar surface area (TPSA) is 26.3 Å². The molecule has 3 atom stereocenters. The molecule has 3 fully saturated rings. The molecule has 2 heteroatoms. The summed E-state index contributed by atoms with van der Waals surface area (Å²) in [5, 5.41) is 0. The molecule has 3 aliphatic carbocycles. The van der Waals surface area contributed by atoms with E-state index in [0.717, 1.165) is 12.3 Å². The first kappa shape index (κ1) is 13.2. The molecule has 0 radical (unpaired) electrons. The lowest BCUT2D eigenvalue weighted by Crippen LogP contribution is -2.48. The molecule has 0 aromatic heterocycles. The van der Waals surface area contributed by atoms with Crippen molar-refractivity contribution in [3.8, 4) is 0 Å². The molecule has 19 heavy (non-hydrogen) atoms. The highest BCUT2D eigenvalue weighted by Gasteiger charge is 2.57. The molecule has 0 aromatic rings. The minimum atomic E-state index is -0.155. The zero-order valence-corrected chi connectivity index (χ0v) is 12.1. The standard InChI is InChI=1S/C17H26O2/c1-12(2)16(18)19-17(14-6-4-3-5-7-14)11-13-8-9-15(17)10-13/h13-15H,1,3-11H2,2H3. The highest BCUT2D eigenvalue weighted by molar-refractivity contribution is 5.87. The molecule has 0 aromatic carbocycles. The Morgan fingerprint density at radius 2 is 1.84 bits per heavy atom. The summed E-state index contributed by atoms with van der Waals surface area (Å²) < 4.78 is 6.10. The number of rotatable bonds is 3. The van der Waals surface area contributed by atoms with Crippen molar-refractivity contribution in [2.45, 2.75) is 70.3 Å². The van der Waals surface area contributed by atoms with Crippen LogP contribution >= 0.6 is 0 Å². The minimum absolute atomic E-state index is 0.126. The van der Waals surface area contributed by atoms with E-state index < -0.39 is 0 Å². The average Bonchev–Trinajstić information content (AvgIpc) is 3.00. The quantitative estimate of drug-likeness (QED) is 0.561. The smallest absolute Gasteiger partial charge is 0.333 e. The summed E-state index contributed by atoms with van der Waals surface area (Å²) in [5.74, 6) is 1.90. The maximum atomic E-state index is 12.1. The van der Waals surface area contributed by atoms with Crippen LogP contribution in [-0.2, 0) is 9.53 Å². The number of carbonyl (C=O) groups excluding carboxylic acids is 1. The zero-order valence-electron chi connectivity index (χ0n) is 12.1. The summed E-state index contributed by atoms with van der Waals surface area (Å²) in [4.78, 5) is 12.1. The van der Waals surface area contributed by atoms with E-state index in [1.807, 2.05) is 0 Å². The Hall–Kier alpha value is -0.790. The van der Waals surface area contributed by atoms with Gasteiger partial charge >= 0.3 is 5.97 Å². The molecule has 3 aliphatic rings. The van der Waals surface area contributed by atoms with Gasteiger partial charge in [-0.25, -0.2) is 4.79 Å². The van der Waals surface area contributed by atoms with Crippen LogP contribution in [0.15, 0.2) is 12.2 Å². The second-order valence-corrected chi connectivity index (χ2v) is 7.04. The van der Waals surface area contributed by atoms with Gasteiger partial charge in [0.05, 0.1) is 0 Å². The van der Waals surface area contributed by atoms with Crippen molar-refractivity contribution in [2.24, 2.45) is 17.8 Å². The van der Waals surface area contributed by atoms with Crippen LogP contribution in [0.4, 0.5) is 0 Å². The molecule has 0 amide bonds. The molecular formula is C17H26O2. The summed E-state index contributed by atoms with van der Waals surface area (Å²) in [6.45, 7) is 5.53. The Labute approximate surface area is 116 Å². The number of hydrogen-bond donors (Lipinski definition) is 0. The zero-order chi connectivity index (χ0) is 13.5. The SMILES string of the molecule is C=C(C)C(=O)OC1(C2CCCCC2)CC2CCC1C2. The van der Waals surface area contributed by atoms with Gasteiger partial charge in [-0.1, -0.05) is 25.8 Å². The number of ether oxygens (including phenoxy) is 1. The van der Waals surface area contributed by atoms with Crippen molar-refractivity contribution in [3.05, 3.63) is 12.2 Å². The molecule has 3 unspecified atom stereocenters. The Kier molecular flexibility index (Phi) is 3.44. The normalized spacial score (nSPS) is 38.4. The summed E-state index contributed by atoms with van der Waals surface area (Å²) in [6.07, 6.45) is 11.5. The maximum Gasteiger partial charge on any atom is 0.333 e.